The maximum absolute atomic E-state index is 12.6. The largest absolute Gasteiger partial charge is 0.338 e. The van der Waals surface area contributed by atoms with Crippen molar-refractivity contribution < 1.29 is 13.2 Å². The summed E-state index contributed by atoms with van der Waals surface area (Å²) in [6.45, 7) is 3.77. The van der Waals surface area contributed by atoms with E-state index in [9.17, 15) is 13.2 Å². The van der Waals surface area contributed by atoms with Gasteiger partial charge in [0.05, 0.1) is 10.6 Å². The Morgan fingerprint density at radius 1 is 1.29 bits per heavy atom. The topological polar surface area (TPSA) is 54.5 Å². The molecule has 1 saturated heterocycles. The minimum Gasteiger partial charge on any atom is -0.338 e. The van der Waals surface area contributed by atoms with Crippen LogP contribution in [0.25, 0.3) is 0 Å². The highest BCUT2D eigenvalue weighted by atomic mass is 32.2. The van der Waals surface area contributed by atoms with Gasteiger partial charge in [0.25, 0.3) is 5.91 Å². The van der Waals surface area contributed by atoms with E-state index in [-0.39, 0.29) is 11.7 Å². The van der Waals surface area contributed by atoms with Crippen LogP contribution in [0, 0.1) is 5.92 Å². The van der Waals surface area contributed by atoms with Gasteiger partial charge in [-0.2, -0.15) is 0 Å². The zero-order valence-electron chi connectivity index (χ0n) is 12.3. The number of piperidine rings is 1. The molecule has 1 aromatic rings. The van der Waals surface area contributed by atoms with E-state index in [1.165, 1.54) is 6.42 Å². The summed E-state index contributed by atoms with van der Waals surface area (Å²) in [6, 6.07) is 5.07. The molecule has 0 N–H and O–H groups in total. The Labute approximate surface area is 126 Å². The Hall–Kier alpha value is -1.36. The fraction of sp³-hybridized carbons (Fsp3) is 0.562. The molecule has 3 rings (SSSR count). The highest BCUT2D eigenvalue weighted by Gasteiger charge is 2.26. The molecule has 0 spiro atoms. The summed E-state index contributed by atoms with van der Waals surface area (Å²) >= 11 is 0. The molecule has 2 heterocycles. The van der Waals surface area contributed by atoms with Gasteiger partial charge in [0.15, 0.2) is 9.84 Å². The van der Waals surface area contributed by atoms with Crippen LogP contribution in [-0.4, -0.2) is 38.1 Å². The molecule has 2 aliphatic rings. The first-order valence-corrected chi connectivity index (χ1v) is 9.27. The van der Waals surface area contributed by atoms with Crippen molar-refractivity contribution in [1.29, 1.82) is 0 Å². The van der Waals surface area contributed by atoms with Crippen LogP contribution in [0.1, 0.15) is 42.1 Å². The SMILES string of the molecule is CC1CCCN(C(=O)c2ccc3c(c2)CCCS3(=O)=O)C1. The lowest BCUT2D eigenvalue weighted by Gasteiger charge is -2.31. The lowest BCUT2D eigenvalue weighted by molar-refractivity contribution is 0.0683. The number of benzene rings is 1. The van der Waals surface area contributed by atoms with Gasteiger partial charge in [-0.1, -0.05) is 6.92 Å². The number of sulfone groups is 1. The van der Waals surface area contributed by atoms with Crippen molar-refractivity contribution in [1.82, 2.24) is 4.90 Å². The van der Waals surface area contributed by atoms with Crippen LogP contribution in [0.2, 0.25) is 0 Å². The van der Waals surface area contributed by atoms with Crippen molar-refractivity contribution in [3.8, 4) is 0 Å². The van der Waals surface area contributed by atoms with Crippen molar-refractivity contribution in [3.05, 3.63) is 29.3 Å². The first-order chi connectivity index (χ1) is 9.97. The number of hydrogen-bond donors (Lipinski definition) is 0. The van der Waals surface area contributed by atoms with Crippen LogP contribution in [0.3, 0.4) is 0 Å². The molecule has 114 valence electrons. The van der Waals surface area contributed by atoms with Crippen molar-refractivity contribution in [2.45, 2.75) is 37.5 Å². The molecule has 21 heavy (non-hydrogen) atoms. The maximum atomic E-state index is 12.6. The minimum absolute atomic E-state index is 0.0346. The van der Waals surface area contributed by atoms with Gasteiger partial charge in [-0.05, 0) is 55.4 Å². The fourth-order valence-corrected chi connectivity index (χ4v) is 4.91. The molecular weight excluding hydrogens is 286 g/mol. The summed E-state index contributed by atoms with van der Waals surface area (Å²) in [5.74, 6) is 0.796. The Balaban J connectivity index is 1.88. The smallest absolute Gasteiger partial charge is 0.253 e. The standard InChI is InChI=1S/C16H21NO3S/c1-12-4-2-8-17(11-12)16(18)14-6-7-15-13(10-14)5-3-9-21(15,19)20/h6-7,10,12H,2-5,8-9,11H2,1H3. The number of rotatable bonds is 1. The predicted octanol–water partition coefficient (Wildman–Crippen LogP) is 2.28. The lowest BCUT2D eigenvalue weighted by atomic mass is 9.99. The van der Waals surface area contributed by atoms with Gasteiger partial charge in [-0.25, -0.2) is 8.42 Å². The Morgan fingerprint density at radius 3 is 2.86 bits per heavy atom. The van der Waals surface area contributed by atoms with Crippen LogP contribution in [-0.2, 0) is 16.3 Å². The molecule has 1 atom stereocenters. The van der Waals surface area contributed by atoms with E-state index in [2.05, 4.69) is 6.92 Å². The van der Waals surface area contributed by atoms with E-state index < -0.39 is 9.84 Å². The normalized spacial score (nSPS) is 24.4. The van der Waals surface area contributed by atoms with Crippen LogP contribution < -0.4 is 0 Å². The summed E-state index contributed by atoms with van der Waals surface area (Å²) in [4.78, 5) is 14.9. The van der Waals surface area contributed by atoms with Crippen LogP contribution in [0.4, 0.5) is 0 Å². The van der Waals surface area contributed by atoms with Crippen molar-refractivity contribution in [3.63, 3.8) is 0 Å². The summed E-state index contributed by atoms with van der Waals surface area (Å²) < 4.78 is 24.0. The van der Waals surface area contributed by atoms with E-state index in [4.69, 9.17) is 0 Å². The van der Waals surface area contributed by atoms with Gasteiger partial charge < -0.3 is 4.90 Å². The molecule has 0 radical (unpaired) electrons. The van der Waals surface area contributed by atoms with Gasteiger partial charge in [0.2, 0.25) is 0 Å². The second-order valence-corrected chi connectivity index (χ2v) is 8.32. The van der Waals surface area contributed by atoms with Crippen LogP contribution in [0.5, 0.6) is 0 Å². The van der Waals surface area contributed by atoms with Gasteiger partial charge in [0.1, 0.15) is 0 Å². The third-order valence-electron chi connectivity index (χ3n) is 4.45. The zero-order chi connectivity index (χ0) is 15.0. The molecule has 2 aliphatic heterocycles. The van der Waals surface area contributed by atoms with Gasteiger partial charge in [0, 0.05) is 18.7 Å². The average Bonchev–Trinajstić information content (AvgIpc) is 2.46. The number of fused-ring (bicyclic) bond motifs is 1. The second kappa shape index (κ2) is 5.44. The summed E-state index contributed by atoms with van der Waals surface area (Å²) in [5, 5.41) is 0. The molecular formula is C16H21NO3S. The molecule has 0 bridgehead atoms. The summed E-state index contributed by atoms with van der Waals surface area (Å²) in [7, 11) is -3.14. The molecule has 0 saturated carbocycles. The monoisotopic (exact) mass is 307 g/mol. The van der Waals surface area contributed by atoms with Gasteiger partial charge >= 0.3 is 0 Å². The molecule has 1 fully saturated rings. The molecule has 4 nitrogen and oxygen atoms in total. The van der Waals surface area contributed by atoms with E-state index in [0.29, 0.717) is 22.8 Å². The third kappa shape index (κ3) is 2.84. The quantitative estimate of drug-likeness (QED) is 0.800. The summed E-state index contributed by atoms with van der Waals surface area (Å²) in [5.41, 5.74) is 1.43. The number of nitrogens with zero attached hydrogens (tertiary/aromatic N) is 1. The number of hydrogen-bond acceptors (Lipinski definition) is 3. The van der Waals surface area contributed by atoms with Crippen molar-refractivity contribution in [2.75, 3.05) is 18.8 Å². The van der Waals surface area contributed by atoms with Crippen molar-refractivity contribution in [2.24, 2.45) is 5.92 Å². The third-order valence-corrected chi connectivity index (χ3v) is 6.34. The molecule has 5 heteroatoms. The first-order valence-electron chi connectivity index (χ1n) is 7.62. The van der Waals surface area contributed by atoms with Crippen molar-refractivity contribution >= 4 is 15.7 Å². The number of amides is 1. The Morgan fingerprint density at radius 2 is 2.10 bits per heavy atom. The molecule has 1 amide bonds. The Bertz CT molecular complexity index is 666. The number of carbonyl (C=O) groups is 1. The lowest BCUT2D eigenvalue weighted by Crippen LogP contribution is -2.39. The van der Waals surface area contributed by atoms with Gasteiger partial charge in [-0.3, -0.25) is 4.79 Å². The van der Waals surface area contributed by atoms with Gasteiger partial charge in [-0.15, -0.1) is 0 Å². The number of carbonyl (C=O) groups excluding carboxylic acids is 1. The molecule has 1 aromatic carbocycles. The van der Waals surface area contributed by atoms with E-state index >= 15 is 0 Å². The maximum Gasteiger partial charge on any atom is 0.253 e. The van der Waals surface area contributed by atoms with E-state index in [1.54, 1.807) is 18.2 Å². The second-order valence-electron chi connectivity index (χ2n) is 6.24. The first kappa shape index (κ1) is 14.6. The summed E-state index contributed by atoms with van der Waals surface area (Å²) in [6.07, 6.45) is 3.61. The van der Waals surface area contributed by atoms with Crippen LogP contribution in [0.15, 0.2) is 23.1 Å². The average molecular weight is 307 g/mol. The fourth-order valence-electron chi connectivity index (χ4n) is 3.33. The number of aryl methyl sites for hydroxylation is 1. The molecule has 1 unspecified atom stereocenters. The van der Waals surface area contributed by atoms with E-state index in [1.807, 2.05) is 4.90 Å². The van der Waals surface area contributed by atoms with Crippen LogP contribution >= 0.6 is 0 Å². The predicted molar refractivity (Wildman–Crippen MR) is 81.1 cm³/mol. The molecule has 0 aliphatic carbocycles. The minimum atomic E-state index is -3.14. The Kier molecular flexibility index (Phi) is 3.78. The molecule has 0 aromatic heterocycles. The number of likely N-dealkylation sites (tertiary alicyclic amines) is 1. The van der Waals surface area contributed by atoms with E-state index in [0.717, 1.165) is 31.5 Å². The highest BCUT2D eigenvalue weighted by Crippen LogP contribution is 2.27. The zero-order valence-corrected chi connectivity index (χ0v) is 13.2. The highest BCUT2D eigenvalue weighted by molar-refractivity contribution is 7.91.